The first-order valence-electron chi connectivity index (χ1n) is 6.54. The summed E-state index contributed by atoms with van der Waals surface area (Å²) in [7, 11) is 1.99. The third kappa shape index (κ3) is 2.82. The summed E-state index contributed by atoms with van der Waals surface area (Å²) < 4.78 is 1.92. The van der Waals surface area contributed by atoms with E-state index in [0.29, 0.717) is 0 Å². The average Bonchev–Trinajstić information content (AvgIpc) is 2.99. The zero-order valence-electron chi connectivity index (χ0n) is 11.3. The molecule has 0 saturated heterocycles. The Bertz CT molecular complexity index is 473. The van der Waals surface area contributed by atoms with E-state index in [1.807, 2.05) is 11.7 Å². The van der Waals surface area contributed by atoms with Gasteiger partial charge in [-0.25, -0.2) is 0 Å². The molecule has 2 aromatic heterocycles. The summed E-state index contributed by atoms with van der Waals surface area (Å²) in [5, 5.41) is 12.5. The van der Waals surface area contributed by atoms with Crippen LogP contribution in [0.2, 0.25) is 0 Å². The Labute approximate surface area is 113 Å². The van der Waals surface area contributed by atoms with Crippen LogP contribution in [-0.2, 0) is 13.5 Å². The van der Waals surface area contributed by atoms with Crippen LogP contribution in [0, 0.1) is 0 Å². The van der Waals surface area contributed by atoms with Crippen molar-refractivity contribution in [3.8, 4) is 0 Å². The number of nitrogens with one attached hydrogen (secondary N) is 1. The van der Waals surface area contributed by atoms with Crippen LogP contribution in [0.25, 0.3) is 0 Å². The van der Waals surface area contributed by atoms with E-state index in [4.69, 9.17) is 0 Å². The van der Waals surface area contributed by atoms with Gasteiger partial charge in [-0.15, -0.1) is 0 Å². The fourth-order valence-electron chi connectivity index (χ4n) is 2.20. The van der Waals surface area contributed by atoms with E-state index in [-0.39, 0.29) is 6.04 Å². The van der Waals surface area contributed by atoms with E-state index in [2.05, 4.69) is 47.3 Å². The van der Waals surface area contributed by atoms with Crippen molar-refractivity contribution in [2.24, 2.45) is 7.05 Å². The number of aryl methyl sites for hydroxylation is 2. The fourth-order valence-corrected chi connectivity index (χ4v) is 2.89. The summed E-state index contributed by atoms with van der Waals surface area (Å²) in [5.41, 5.74) is 3.85. The van der Waals surface area contributed by atoms with Crippen molar-refractivity contribution in [2.45, 2.75) is 32.7 Å². The first-order chi connectivity index (χ1) is 8.76. The van der Waals surface area contributed by atoms with Gasteiger partial charge in [0.05, 0.1) is 11.7 Å². The molecule has 2 heterocycles. The largest absolute Gasteiger partial charge is 0.306 e. The number of aromatic nitrogens is 2. The molecule has 0 aromatic carbocycles. The van der Waals surface area contributed by atoms with Gasteiger partial charge in [-0.05, 0) is 41.8 Å². The van der Waals surface area contributed by atoms with Crippen LogP contribution in [0.15, 0.2) is 23.0 Å². The Balaban J connectivity index is 2.33. The Morgan fingerprint density at radius 3 is 2.89 bits per heavy atom. The molecular formula is C14H21N3S. The molecule has 18 heavy (non-hydrogen) atoms. The number of hydrogen-bond donors (Lipinski definition) is 1. The Morgan fingerprint density at radius 2 is 2.28 bits per heavy atom. The van der Waals surface area contributed by atoms with Crippen LogP contribution in [0.3, 0.4) is 0 Å². The molecule has 1 unspecified atom stereocenters. The molecule has 0 saturated carbocycles. The second-order valence-corrected chi connectivity index (χ2v) is 5.28. The van der Waals surface area contributed by atoms with Crippen molar-refractivity contribution in [1.82, 2.24) is 15.1 Å². The average molecular weight is 263 g/mol. The van der Waals surface area contributed by atoms with Crippen LogP contribution in [-0.4, -0.2) is 16.3 Å². The molecule has 4 heteroatoms. The maximum Gasteiger partial charge on any atom is 0.0673 e. The molecule has 0 aliphatic rings. The highest BCUT2D eigenvalue weighted by atomic mass is 32.1. The van der Waals surface area contributed by atoms with Crippen molar-refractivity contribution in [3.05, 3.63) is 39.8 Å². The normalized spacial score (nSPS) is 12.8. The molecule has 0 bridgehead atoms. The summed E-state index contributed by atoms with van der Waals surface area (Å²) in [6.07, 6.45) is 4.26. The predicted octanol–water partition coefficient (Wildman–Crippen LogP) is 3.13. The second kappa shape index (κ2) is 6.16. The summed E-state index contributed by atoms with van der Waals surface area (Å²) in [6.45, 7) is 5.39. The lowest BCUT2D eigenvalue weighted by Crippen LogP contribution is -2.23. The van der Waals surface area contributed by atoms with E-state index in [0.717, 1.165) is 19.4 Å². The molecule has 0 aliphatic heterocycles. The van der Waals surface area contributed by atoms with Crippen molar-refractivity contribution in [1.29, 1.82) is 0 Å². The molecule has 1 N–H and O–H groups in total. The minimum Gasteiger partial charge on any atom is -0.306 e. The standard InChI is InChI=1S/C14H21N3S/c1-4-7-15-14(11-6-8-18-10-11)12-9-17(3)16-13(12)5-2/h6,8-10,14-15H,4-5,7H2,1-3H3. The van der Waals surface area contributed by atoms with Gasteiger partial charge in [0, 0.05) is 18.8 Å². The fraction of sp³-hybridized carbons (Fsp3) is 0.500. The van der Waals surface area contributed by atoms with Gasteiger partial charge in [0.15, 0.2) is 0 Å². The van der Waals surface area contributed by atoms with Crippen molar-refractivity contribution >= 4 is 11.3 Å². The molecular weight excluding hydrogens is 242 g/mol. The zero-order chi connectivity index (χ0) is 13.0. The van der Waals surface area contributed by atoms with Gasteiger partial charge >= 0.3 is 0 Å². The van der Waals surface area contributed by atoms with E-state index >= 15 is 0 Å². The second-order valence-electron chi connectivity index (χ2n) is 4.50. The first kappa shape index (κ1) is 13.3. The van der Waals surface area contributed by atoms with Gasteiger partial charge in [0.1, 0.15) is 0 Å². The van der Waals surface area contributed by atoms with Gasteiger partial charge in [-0.1, -0.05) is 13.8 Å². The lowest BCUT2D eigenvalue weighted by molar-refractivity contribution is 0.596. The summed E-state index contributed by atoms with van der Waals surface area (Å²) in [4.78, 5) is 0. The maximum atomic E-state index is 4.55. The first-order valence-corrected chi connectivity index (χ1v) is 7.48. The number of rotatable bonds is 6. The molecule has 0 aliphatic carbocycles. The minimum atomic E-state index is 0.278. The number of hydrogen-bond acceptors (Lipinski definition) is 3. The highest BCUT2D eigenvalue weighted by Crippen LogP contribution is 2.26. The highest BCUT2D eigenvalue weighted by Gasteiger charge is 2.19. The summed E-state index contributed by atoms with van der Waals surface area (Å²) in [6, 6.07) is 2.48. The zero-order valence-corrected chi connectivity index (χ0v) is 12.1. The Hall–Kier alpha value is -1.13. The van der Waals surface area contributed by atoms with Crippen LogP contribution in [0.5, 0.6) is 0 Å². The molecule has 0 fully saturated rings. The van der Waals surface area contributed by atoms with Crippen LogP contribution in [0.1, 0.15) is 43.1 Å². The van der Waals surface area contributed by atoms with Gasteiger partial charge in [0.2, 0.25) is 0 Å². The molecule has 0 radical (unpaired) electrons. The van der Waals surface area contributed by atoms with Crippen LogP contribution < -0.4 is 5.32 Å². The smallest absolute Gasteiger partial charge is 0.0673 e. The van der Waals surface area contributed by atoms with E-state index in [9.17, 15) is 0 Å². The molecule has 3 nitrogen and oxygen atoms in total. The van der Waals surface area contributed by atoms with E-state index in [1.165, 1.54) is 16.8 Å². The molecule has 98 valence electrons. The number of thiophene rings is 1. The third-order valence-electron chi connectivity index (χ3n) is 3.06. The Kier molecular flexibility index (Phi) is 4.55. The molecule has 0 amide bonds. The van der Waals surface area contributed by atoms with E-state index in [1.54, 1.807) is 11.3 Å². The Morgan fingerprint density at radius 1 is 1.44 bits per heavy atom. The predicted molar refractivity (Wildman–Crippen MR) is 77.0 cm³/mol. The maximum absolute atomic E-state index is 4.55. The highest BCUT2D eigenvalue weighted by molar-refractivity contribution is 7.08. The topological polar surface area (TPSA) is 29.9 Å². The molecule has 1 atom stereocenters. The lowest BCUT2D eigenvalue weighted by atomic mass is 10.0. The minimum absolute atomic E-state index is 0.278. The SMILES string of the molecule is CCCNC(c1ccsc1)c1cn(C)nc1CC. The van der Waals surface area contributed by atoms with Gasteiger partial charge in [-0.3, -0.25) is 4.68 Å². The monoisotopic (exact) mass is 263 g/mol. The summed E-state index contributed by atoms with van der Waals surface area (Å²) in [5.74, 6) is 0. The third-order valence-corrected chi connectivity index (χ3v) is 3.76. The molecule has 2 aromatic rings. The molecule has 2 rings (SSSR count). The van der Waals surface area contributed by atoms with Crippen molar-refractivity contribution in [3.63, 3.8) is 0 Å². The van der Waals surface area contributed by atoms with Gasteiger partial charge in [0.25, 0.3) is 0 Å². The quantitative estimate of drug-likeness (QED) is 0.867. The van der Waals surface area contributed by atoms with Crippen LogP contribution >= 0.6 is 11.3 Å². The molecule has 0 spiro atoms. The lowest BCUT2D eigenvalue weighted by Gasteiger charge is -2.17. The van der Waals surface area contributed by atoms with Gasteiger partial charge in [-0.2, -0.15) is 16.4 Å². The van der Waals surface area contributed by atoms with Crippen molar-refractivity contribution in [2.75, 3.05) is 6.54 Å². The van der Waals surface area contributed by atoms with Crippen molar-refractivity contribution < 1.29 is 0 Å². The number of nitrogens with zero attached hydrogens (tertiary/aromatic N) is 2. The van der Waals surface area contributed by atoms with E-state index < -0.39 is 0 Å². The van der Waals surface area contributed by atoms with Crippen LogP contribution in [0.4, 0.5) is 0 Å². The van der Waals surface area contributed by atoms with Gasteiger partial charge < -0.3 is 5.32 Å². The summed E-state index contributed by atoms with van der Waals surface area (Å²) >= 11 is 1.75.